The number of nitrogens with one attached hydrogen (secondary N) is 1. The highest BCUT2D eigenvalue weighted by Gasteiger charge is 2.13. The van der Waals surface area contributed by atoms with Crippen LogP contribution in [-0.4, -0.2) is 30.3 Å². The predicted octanol–water partition coefficient (Wildman–Crippen LogP) is 5.12. The van der Waals surface area contributed by atoms with Gasteiger partial charge in [-0.2, -0.15) is 0 Å². The van der Waals surface area contributed by atoms with E-state index in [4.69, 9.17) is 23.2 Å². The summed E-state index contributed by atoms with van der Waals surface area (Å²) in [6, 6.07) is 11.4. The van der Waals surface area contributed by atoms with Crippen LogP contribution in [0.1, 0.15) is 40.5 Å². The molecule has 0 aromatic heterocycles. The van der Waals surface area contributed by atoms with Crippen LogP contribution in [0.25, 0.3) is 0 Å². The van der Waals surface area contributed by atoms with Crippen LogP contribution in [0.2, 0.25) is 10.0 Å². The number of anilines is 1. The molecule has 0 atom stereocenters. The van der Waals surface area contributed by atoms with Crippen molar-refractivity contribution in [2.45, 2.75) is 19.8 Å². The molecule has 0 aliphatic carbocycles. The van der Waals surface area contributed by atoms with Gasteiger partial charge in [0.2, 0.25) is 0 Å². The van der Waals surface area contributed by atoms with Crippen molar-refractivity contribution >= 4 is 40.7 Å². The van der Waals surface area contributed by atoms with Gasteiger partial charge < -0.3 is 10.2 Å². The zero-order valence-electron chi connectivity index (χ0n) is 14.2. The number of hydrogen-bond donors (Lipinski definition) is 1. The molecular formula is C19H20Cl2N2O2. The molecule has 0 heterocycles. The summed E-state index contributed by atoms with van der Waals surface area (Å²) in [7, 11) is 1.78. The second-order valence-electron chi connectivity index (χ2n) is 5.74. The lowest BCUT2D eigenvalue weighted by molar-refractivity contribution is 0.0792. The molecule has 1 N–H and O–H groups in total. The summed E-state index contributed by atoms with van der Waals surface area (Å²) in [5.41, 5.74) is 1.43. The van der Waals surface area contributed by atoms with Gasteiger partial charge in [0.05, 0.1) is 10.7 Å². The lowest BCUT2D eigenvalue weighted by Gasteiger charge is -2.16. The lowest BCUT2D eigenvalue weighted by atomic mass is 10.1. The summed E-state index contributed by atoms with van der Waals surface area (Å²) in [5.74, 6) is -0.374. The zero-order valence-corrected chi connectivity index (χ0v) is 15.7. The minimum Gasteiger partial charge on any atom is -0.342 e. The summed E-state index contributed by atoms with van der Waals surface area (Å²) in [6.07, 6.45) is 1.99. The first-order valence-corrected chi connectivity index (χ1v) is 8.80. The van der Waals surface area contributed by atoms with Crippen molar-refractivity contribution in [2.75, 3.05) is 18.9 Å². The van der Waals surface area contributed by atoms with E-state index < -0.39 is 0 Å². The standard InChI is InChI=1S/C19H20Cl2N2O2/c1-3-4-11-23(2)19(25)14-7-5-13(6-8-14)18(24)22-17-12-15(20)9-10-16(17)21/h5-10,12H,3-4,11H2,1-2H3,(H,22,24). The largest absolute Gasteiger partial charge is 0.342 e. The highest BCUT2D eigenvalue weighted by molar-refractivity contribution is 6.35. The van der Waals surface area contributed by atoms with Crippen LogP contribution < -0.4 is 5.32 Å². The van der Waals surface area contributed by atoms with Gasteiger partial charge in [-0.3, -0.25) is 9.59 Å². The molecule has 0 unspecified atom stereocenters. The number of amides is 2. The first-order valence-electron chi connectivity index (χ1n) is 8.04. The first-order chi connectivity index (χ1) is 11.9. The topological polar surface area (TPSA) is 49.4 Å². The van der Waals surface area contributed by atoms with Crippen LogP contribution in [0.5, 0.6) is 0 Å². The van der Waals surface area contributed by atoms with Crippen molar-refractivity contribution in [3.63, 3.8) is 0 Å². The average molecular weight is 379 g/mol. The maximum absolute atomic E-state index is 12.3. The number of nitrogens with zero attached hydrogens (tertiary/aromatic N) is 1. The summed E-state index contributed by atoms with van der Waals surface area (Å²) in [6.45, 7) is 2.79. The Kier molecular flexibility index (Phi) is 6.85. The third-order valence-electron chi connectivity index (χ3n) is 3.76. The number of carbonyl (C=O) groups is 2. The van der Waals surface area contributed by atoms with Gasteiger partial charge in [-0.25, -0.2) is 0 Å². The third kappa shape index (κ3) is 5.21. The molecule has 0 aliphatic heterocycles. The van der Waals surface area contributed by atoms with Crippen LogP contribution >= 0.6 is 23.2 Å². The van der Waals surface area contributed by atoms with Crippen molar-refractivity contribution in [1.29, 1.82) is 0 Å². The van der Waals surface area contributed by atoms with Crippen molar-refractivity contribution in [3.05, 3.63) is 63.6 Å². The van der Waals surface area contributed by atoms with Gasteiger partial charge in [-0.05, 0) is 48.9 Å². The summed E-state index contributed by atoms with van der Waals surface area (Å²) in [4.78, 5) is 26.3. The van der Waals surface area contributed by atoms with E-state index in [1.807, 2.05) is 0 Å². The van der Waals surface area contributed by atoms with E-state index in [0.717, 1.165) is 12.8 Å². The van der Waals surface area contributed by atoms with E-state index >= 15 is 0 Å². The maximum Gasteiger partial charge on any atom is 0.255 e. The van der Waals surface area contributed by atoms with Gasteiger partial charge in [0, 0.05) is 29.7 Å². The molecule has 25 heavy (non-hydrogen) atoms. The number of carbonyl (C=O) groups excluding carboxylic acids is 2. The quantitative estimate of drug-likeness (QED) is 0.758. The van der Waals surface area contributed by atoms with Crippen LogP contribution in [0, 0.1) is 0 Å². The van der Waals surface area contributed by atoms with Crippen molar-refractivity contribution in [1.82, 2.24) is 4.90 Å². The lowest BCUT2D eigenvalue weighted by Crippen LogP contribution is -2.27. The van der Waals surface area contributed by atoms with Gasteiger partial charge in [0.1, 0.15) is 0 Å². The zero-order chi connectivity index (χ0) is 18.4. The Balaban J connectivity index is 2.07. The molecule has 2 aromatic carbocycles. The fraction of sp³-hybridized carbons (Fsp3) is 0.263. The van der Waals surface area contributed by atoms with Crippen molar-refractivity contribution in [3.8, 4) is 0 Å². The predicted molar refractivity (Wildman–Crippen MR) is 103 cm³/mol. The van der Waals surface area contributed by atoms with Gasteiger partial charge in [0.15, 0.2) is 0 Å². The second-order valence-corrected chi connectivity index (χ2v) is 6.58. The Labute approximate surface area is 157 Å². The molecule has 0 bridgehead atoms. The van der Waals surface area contributed by atoms with Crippen LogP contribution in [-0.2, 0) is 0 Å². The fourth-order valence-electron chi connectivity index (χ4n) is 2.27. The molecule has 0 saturated heterocycles. The second kappa shape index (κ2) is 8.88. The van der Waals surface area contributed by atoms with Crippen molar-refractivity contribution in [2.24, 2.45) is 0 Å². The van der Waals surface area contributed by atoms with Gasteiger partial charge in [-0.1, -0.05) is 36.5 Å². The molecule has 2 amide bonds. The normalized spacial score (nSPS) is 10.4. The highest BCUT2D eigenvalue weighted by atomic mass is 35.5. The van der Waals surface area contributed by atoms with Gasteiger partial charge >= 0.3 is 0 Å². The minimum absolute atomic E-state index is 0.0571. The Morgan fingerprint density at radius 2 is 1.68 bits per heavy atom. The Hall–Kier alpha value is -2.04. The number of unbranched alkanes of at least 4 members (excludes halogenated alkanes) is 1. The molecule has 2 aromatic rings. The maximum atomic E-state index is 12.3. The van der Waals surface area contributed by atoms with Gasteiger partial charge in [0.25, 0.3) is 11.8 Å². The summed E-state index contributed by atoms with van der Waals surface area (Å²) >= 11 is 12.0. The van der Waals surface area contributed by atoms with Gasteiger partial charge in [-0.15, -0.1) is 0 Å². The molecule has 4 nitrogen and oxygen atoms in total. The Morgan fingerprint density at radius 3 is 2.32 bits per heavy atom. The summed E-state index contributed by atoms with van der Waals surface area (Å²) < 4.78 is 0. The number of halogens is 2. The van der Waals surface area contributed by atoms with E-state index in [9.17, 15) is 9.59 Å². The molecule has 0 saturated carbocycles. The number of hydrogen-bond acceptors (Lipinski definition) is 2. The molecule has 132 valence electrons. The monoisotopic (exact) mass is 378 g/mol. The molecular weight excluding hydrogens is 359 g/mol. The van der Waals surface area contributed by atoms with Crippen LogP contribution in [0.4, 0.5) is 5.69 Å². The SMILES string of the molecule is CCCCN(C)C(=O)c1ccc(C(=O)Nc2cc(Cl)ccc2Cl)cc1. The molecule has 0 aliphatic rings. The fourth-order valence-corrected chi connectivity index (χ4v) is 2.61. The smallest absolute Gasteiger partial charge is 0.255 e. The molecule has 0 spiro atoms. The molecule has 0 radical (unpaired) electrons. The molecule has 2 rings (SSSR count). The highest BCUT2D eigenvalue weighted by Crippen LogP contribution is 2.26. The van der Waals surface area contributed by atoms with E-state index in [2.05, 4.69) is 12.2 Å². The molecule has 6 heteroatoms. The van der Waals surface area contributed by atoms with Crippen LogP contribution in [0.15, 0.2) is 42.5 Å². The van der Waals surface area contributed by atoms with E-state index in [1.165, 1.54) is 0 Å². The number of rotatable bonds is 6. The first kappa shape index (κ1) is 19.3. The minimum atomic E-state index is -0.317. The summed E-state index contributed by atoms with van der Waals surface area (Å²) in [5, 5.41) is 3.60. The number of benzene rings is 2. The van der Waals surface area contributed by atoms with Crippen molar-refractivity contribution < 1.29 is 9.59 Å². The molecule has 0 fully saturated rings. The van der Waals surface area contributed by atoms with E-state index in [0.29, 0.717) is 33.4 Å². The third-order valence-corrected chi connectivity index (χ3v) is 4.33. The average Bonchev–Trinajstić information content (AvgIpc) is 2.62. The van der Waals surface area contributed by atoms with E-state index in [1.54, 1.807) is 54.4 Å². The van der Waals surface area contributed by atoms with Crippen LogP contribution in [0.3, 0.4) is 0 Å². The Morgan fingerprint density at radius 1 is 1.04 bits per heavy atom. The Bertz CT molecular complexity index is 761. The van der Waals surface area contributed by atoms with E-state index in [-0.39, 0.29) is 11.8 Å².